The summed E-state index contributed by atoms with van der Waals surface area (Å²) < 4.78 is 198. The summed E-state index contributed by atoms with van der Waals surface area (Å²) in [5, 5.41) is 0. The van der Waals surface area contributed by atoms with E-state index in [9.17, 15) is 70.7 Å². The van der Waals surface area contributed by atoms with E-state index in [1.165, 1.54) is 0 Å². The average Bonchev–Trinajstić information content (AvgIpc) is 2.65. The molecule has 16 heteroatoms. The van der Waals surface area contributed by atoms with Crippen LogP contribution in [-0.2, 0) is 4.79 Å². The summed E-state index contributed by atoms with van der Waals surface area (Å²) in [6.07, 6.45) is -6.83. The number of Topliss-reactive ketones (excluding diaryl/α,β-unsaturated/α-hetero) is 1. The molecule has 0 spiro atoms. The van der Waals surface area contributed by atoms with E-state index in [0.717, 1.165) is 0 Å². The van der Waals surface area contributed by atoms with Crippen LogP contribution in [0.1, 0.15) is 52.4 Å². The van der Waals surface area contributed by atoms with Crippen LogP contribution in [0.15, 0.2) is 0 Å². The van der Waals surface area contributed by atoms with E-state index in [-0.39, 0.29) is 19.8 Å². The van der Waals surface area contributed by atoms with E-state index < -0.39 is 59.8 Å². The Kier molecular flexibility index (Phi) is 9.30. The Labute approximate surface area is 177 Å². The van der Waals surface area contributed by atoms with Gasteiger partial charge in [0.1, 0.15) is 5.78 Å². The summed E-state index contributed by atoms with van der Waals surface area (Å²) in [6.45, 7) is 1.64. The Balaban J connectivity index is 6.10. The minimum Gasteiger partial charge on any atom is -0.299 e. The highest BCUT2D eigenvalue weighted by molar-refractivity contribution is 5.81. The molecular formula is C17H19F15O. The van der Waals surface area contributed by atoms with Crippen LogP contribution in [0.3, 0.4) is 0 Å². The standard InChI is InChI=1S/C17H19F15O/c1-3-4-5-6-7-8-10(33)9(2)11(18,19)12(20,21)13(22,23)14(24,25)15(26,27)16(28,29)17(30,31)32/h9H,3-8H2,1-2H3. The quantitative estimate of drug-likeness (QED) is 0.177. The van der Waals surface area contributed by atoms with Crippen molar-refractivity contribution in [2.75, 3.05) is 0 Å². The fourth-order valence-corrected chi connectivity index (χ4v) is 2.57. The number of carbonyl (C=O) groups excluding carboxylic acids is 1. The van der Waals surface area contributed by atoms with Crippen LogP contribution in [0.25, 0.3) is 0 Å². The molecule has 0 aliphatic heterocycles. The van der Waals surface area contributed by atoms with Crippen molar-refractivity contribution >= 4 is 5.78 Å². The predicted molar refractivity (Wildman–Crippen MR) is 83.3 cm³/mol. The van der Waals surface area contributed by atoms with Crippen molar-refractivity contribution in [3.05, 3.63) is 0 Å². The minimum absolute atomic E-state index is 0.126. The summed E-state index contributed by atoms with van der Waals surface area (Å²) >= 11 is 0. The summed E-state index contributed by atoms with van der Waals surface area (Å²) in [7, 11) is 0. The van der Waals surface area contributed by atoms with Gasteiger partial charge in [0.25, 0.3) is 0 Å². The molecule has 0 fully saturated rings. The Morgan fingerprint density at radius 2 is 0.939 bits per heavy atom. The van der Waals surface area contributed by atoms with Gasteiger partial charge in [-0.05, 0) is 13.3 Å². The van der Waals surface area contributed by atoms with Crippen molar-refractivity contribution in [2.24, 2.45) is 5.92 Å². The number of unbranched alkanes of at least 4 members (excludes halogenated alkanes) is 4. The molecule has 0 aromatic heterocycles. The summed E-state index contributed by atoms with van der Waals surface area (Å²) in [5.74, 6) is -52.4. The predicted octanol–water partition coefficient (Wildman–Crippen LogP) is 7.93. The third-order valence-corrected chi connectivity index (χ3v) is 4.91. The van der Waals surface area contributed by atoms with Crippen molar-refractivity contribution in [1.82, 2.24) is 0 Å². The van der Waals surface area contributed by atoms with Gasteiger partial charge < -0.3 is 0 Å². The van der Waals surface area contributed by atoms with Crippen LogP contribution in [0.4, 0.5) is 65.9 Å². The van der Waals surface area contributed by atoms with Crippen molar-refractivity contribution in [3.63, 3.8) is 0 Å². The van der Waals surface area contributed by atoms with Gasteiger partial charge in [0.15, 0.2) is 0 Å². The molecule has 0 heterocycles. The first-order valence-electron chi connectivity index (χ1n) is 9.25. The van der Waals surface area contributed by atoms with E-state index in [1.54, 1.807) is 6.92 Å². The number of ketones is 1. The average molecular weight is 524 g/mol. The first-order valence-corrected chi connectivity index (χ1v) is 9.25. The minimum atomic E-state index is -8.34. The lowest BCUT2D eigenvalue weighted by Gasteiger charge is -2.42. The van der Waals surface area contributed by atoms with Gasteiger partial charge in [-0.3, -0.25) is 4.79 Å². The van der Waals surface area contributed by atoms with E-state index in [0.29, 0.717) is 19.3 Å². The van der Waals surface area contributed by atoms with Crippen LogP contribution >= 0.6 is 0 Å². The smallest absolute Gasteiger partial charge is 0.299 e. The van der Waals surface area contributed by atoms with Gasteiger partial charge >= 0.3 is 41.7 Å². The van der Waals surface area contributed by atoms with Gasteiger partial charge in [0, 0.05) is 6.42 Å². The van der Waals surface area contributed by atoms with Gasteiger partial charge in [-0.1, -0.05) is 32.6 Å². The van der Waals surface area contributed by atoms with E-state index in [1.807, 2.05) is 0 Å². The molecule has 0 aliphatic rings. The van der Waals surface area contributed by atoms with E-state index in [4.69, 9.17) is 0 Å². The number of alkyl halides is 15. The van der Waals surface area contributed by atoms with Crippen molar-refractivity contribution in [2.45, 2.75) is 94.1 Å². The Morgan fingerprint density at radius 3 is 1.33 bits per heavy atom. The lowest BCUT2D eigenvalue weighted by atomic mass is 9.84. The van der Waals surface area contributed by atoms with Gasteiger partial charge in [0.05, 0.1) is 5.92 Å². The number of hydrogen-bond acceptors (Lipinski definition) is 1. The molecule has 1 nitrogen and oxygen atoms in total. The molecule has 0 radical (unpaired) electrons. The lowest BCUT2D eigenvalue weighted by molar-refractivity contribution is -0.453. The molecule has 0 bridgehead atoms. The molecule has 1 atom stereocenters. The molecule has 0 aromatic rings. The molecule has 0 saturated heterocycles. The highest BCUT2D eigenvalue weighted by Crippen LogP contribution is 2.63. The topological polar surface area (TPSA) is 17.1 Å². The van der Waals surface area contributed by atoms with Crippen LogP contribution in [0.5, 0.6) is 0 Å². The van der Waals surface area contributed by atoms with E-state index >= 15 is 0 Å². The number of hydrogen-bond donors (Lipinski definition) is 0. The molecule has 33 heavy (non-hydrogen) atoms. The van der Waals surface area contributed by atoms with Gasteiger partial charge in [-0.15, -0.1) is 0 Å². The normalized spacial score (nSPS) is 16.2. The number of halogens is 15. The van der Waals surface area contributed by atoms with E-state index in [2.05, 4.69) is 0 Å². The first-order chi connectivity index (χ1) is 14.4. The Bertz CT molecular complexity index is 666. The third kappa shape index (κ3) is 5.17. The van der Waals surface area contributed by atoms with Crippen molar-refractivity contribution < 1.29 is 70.7 Å². The van der Waals surface area contributed by atoms with Crippen molar-refractivity contribution in [1.29, 1.82) is 0 Å². The first kappa shape index (κ1) is 31.6. The Hall–Kier alpha value is -1.38. The second kappa shape index (κ2) is 9.70. The zero-order valence-electron chi connectivity index (χ0n) is 16.9. The van der Waals surface area contributed by atoms with Crippen LogP contribution in [0.2, 0.25) is 0 Å². The molecule has 0 N–H and O–H groups in total. The summed E-state index contributed by atoms with van der Waals surface area (Å²) in [4.78, 5) is 11.7. The summed E-state index contributed by atoms with van der Waals surface area (Å²) in [6, 6.07) is 0. The van der Waals surface area contributed by atoms with Crippen LogP contribution in [-0.4, -0.2) is 47.5 Å². The number of rotatable bonds is 13. The zero-order chi connectivity index (χ0) is 26.9. The second-order valence-electron chi connectivity index (χ2n) is 7.34. The molecule has 0 saturated carbocycles. The number of carbonyl (C=O) groups is 1. The molecule has 1 unspecified atom stereocenters. The highest BCUT2D eigenvalue weighted by atomic mass is 19.4. The fourth-order valence-electron chi connectivity index (χ4n) is 2.57. The second-order valence-corrected chi connectivity index (χ2v) is 7.34. The van der Waals surface area contributed by atoms with Gasteiger partial charge in [0.2, 0.25) is 0 Å². The van der Waals surface area contributed by atoms with Gasteiger partial charge in [-0.25, -0.2) is 0 Å². The maximum atomic E-state index is 14.0. The maximum Gasteiger partial charge on any atom is 0.460 e. The van der Waals surface area contributed by atoms with Crippen LogP contribution < -0.4 is 0 Å². The molecule has 0 amide bonds. The zero-order valence-corrected chi connectivity index (χ0v) is 16.9. The molecule has 0 aromatic carbocycles. The molecule has 0 aliphatic carbocycles. The molecule has 198 valence electrons. The third-order valence-electron chi connectivity index (χ3n) is 4.91. The maximum absolute atomic E-state index is 14.0. The molecular weight excluding hydrogens is 505 g/mol. The SMILES string of the molecule is CCCCCCCC(=O)C(C)C(F)(F)C(F)(F)C(F)(F)C(F)(F)C(F)(F)C(F)(F)C(F)(F)F. The monoisotopic (exact) mass is 524 g/mol. The largest absolute Gasteiger partial charge is 0.460 e. The summed E-state index contributed by atoms with van der Waals surface area (Å²) in [5.41, 5.74) is 0. The molecule has 0 rings (SSSR count). The fraction of sp³-hybridized carbons (Fsp3) is 0.941. The highest BCUT2D eigenvalue weighted by Gasteiger charge is 2.93. The van der Waals surface area contributed by atoms with Crippen molar-refractivity contribution in [3.8, 4) is 0 Å². The lowest BCUT2D eigenvalue weighted by Crippen LogP contribution is -2.73. The Morgan fingerprint density at radius 1 is 0.576 bits per heavy atom. The van der Waals surface area contributed by atoms with Crippen LogP contribution in [0, 0.1) is 5.92 Å². The van der Waals surface area contributed by atoms with Gasteiger partial charge in [-0.2, -0.15) is 65.9 Å².